The van der Waals surface area contributed by atoms with Gasteiger partial charge in [-0.25, -0.2) is 0 Å². The Bertz CT molecular complexity index is 1070. The van der Waals surface area contributed by atoms with Crippen molar-refractivity contribution in [1.29, 1.82) is 0 Å². The van der Waals surface area contributed by atoms with E-state index in [1.807, 2.05) is 42.5 Å². The lowest BCUT2D eigenvalue weighted by molar-refractivity contribution is -0.139. The van der Waals surface area contributed by atoms with Gasteiger partial charge < -0.3 is 20.0 Å². The number of amides is 2. The first-order valence-corrected chi connectivity index (χ1v) is 12.4. The van der Waals surface area contributed by atoms with Gasteiger partial charge in [0.1, 0.15) is 0 Å². The predicted molar refractivity (Wildman–Crippen MR) is 135 cm³/mol. The summed E-state index contributed by atoms with van der Waals surface area (Å²) in [5.41, 5.74) is 0.596. The number of hydrogen-bond donors (Lipinski definition) is 2. The number of halogens is 1. The third kappa shape index (κ3) is 4.58. The van der Waals surface area contributed by atoms with Crippen molar-refractivity contribution in [2.75, 3.05) is 18.1 Å². The van der Waals surface area contributed by atoms with Crippen LogP contribution in [0.15, 0.2) is 60.7 Å². The molecule has 0 aliphatic carbocycles. The number of nitrogens with zero attached hydrogens (tertiary/aromatic N) is 2. The minimum absolute atomic E-state index is 0.0206. The van der Waals surface area contributed by atoms with E-state index >= 15 is 0 Å². The van der Waals surface area contributed by atoms with Gasteiger partial charge in [-0.15, -0.1) is 0 Å². The molecule has 7 heteroatoms. The van der Waals surface area contributed by atoms with Crippen molar-refractivity contribution < 1.29 is 19.8 Å². The number of anilines is 1. The van der Waals surface area contributed by atoms with E-state index in [0.29, 0.717) is 24.3 Å². The number of aliphatic hydroxyl groups is 2. The van der Waals surface area contributed by atoms with Crippen LogP contribution >= 0.6 is 22.6 Å². The zero-order valence-corrected chi connectivity index (χ0v) is 20.8. The minimum atomic E-state index is -1.70. The number of fused-ring (bicyclic) bond motifs is 1. The maximum Gasteiger partial charge on any atom is 0.264 e. The van der Waals surface area contributed by atoms with E-state index < -0.39 is 11.5 Å². The number of aliphatic hydroxyl groups excluding tert-OH is 1. The molecule has 6 nitrogen and oxygen atoms in total. The average molecular weight is 560 g/mol. The number of carbonyl (C=O) groups is 2. The predicted octanol–water partition coefficient (Wildman–Crippen LogP) is 3.59. The lowest BCUT2D eigenvalue weighted by atomic mass is 9.83. The molecule has 2 aliphatic heterocycles. The number of para-hydroxylation sites is 1. The molecule has 33 heavy (non-hydrogen) atoms. The van der Waals surface area contributed by atoms with Crippen LogP contribution in [-0.4, -0.2) is 46.1 Å². The second kappa shape index (κ2) is 9.95. The van der Waals surface area contributed by atoms with Crippen molar-refractivity contribution in [3.63, 3.8) is 0 Å². The number of likely N-dealkylation sites (tertiary alicyclic amines) is 1. The molecule has 1 saturated heterocycles. The van der Waals surface area contributed by atoms with E-state index in [0.717, 1.165) is 22.0 Å². The molecule has 174 valence electrons. The van der Waals surface area contributed by atoms with Gasteiger partial charge in [-0.2, -0.15) is 0 Å². The quantitative estimate of drug-likeness (QED) is 0.401. The molecular weight excluding hydrogens is 531 g/mol. The van der Waals surface area contributed by atoms with Gasteiger partial charge in [-0.3, -0.25) is 9.59 Å². The highest BCUT2D eigenvalue weighted by Crippen LogP contribution is 2.45. The highest BCUT2D eigenvalue weighted by molar-refractivity contribution is 14.1. The number of carbonyl (C=O) groups excluding carboxylic acids is 2. The van der Waals surface area contributed by atoms with Crippen LogP contribution in [0, 0.1) is 9.49 Å². The number of rotatable bonds is 7. The van der Waals surface area contributed by atoms with Crippen LogP contribution in [0.4, 0.5) is 5.69 Å². The normalized spacial score (nSPS) is 23.4. The molecule has 0 aromatic heterocycles. The number of benzene rings is 2. The Labute approximate surface area is 208 Å². The van der Waals surface area contributed by atoms with Crippen LogP contribution in [0.3, 0.4) is 0 Å². The monoisotopic (exact) mass is 560 g/mol. The van der Waals surface area contributed by atoms with Crippen LogP contribution in [0.1, 0.15) is 37.3 Å². The first-order chi connectivity index (χ1) is 15.9. The zero-order valence-electron chi connectivity index (χ0n) is 18.7. The summed E-state index contributed by atoms with van der Waals surface area (Å²) < 4.78 is 1.09. The summed E-state index contributed by atoms with van der Waals surface area (Å²) in [6.07, 6.45) is 5.39. The summed E-state index contributed by atoms with van der Waals surface area (Å²) in [6, 6.07) is 15.2. The van der Waals surface area contributed by atoms with Gasteiger partial charge in [0.2, 0.25) is 5.91 Å². The Balaban J connectivity index is 1.53. The second-order valence-corrected chi connectivity index (χ2v) is 10.0. The van der Waals surface area contributed by atoms with Crippen molar-refractivity contribution >= 4 is 40.1 Å². The Morgan fingerprint density at radius 1 is 1.27 bits per heavy atom. The summed E-state index contributed by atoms with van der Waals surface area (Å²) in [5, 5.41) is 21.1. The molecule has 2 N–H and O–H groups in total. The smallest absolute Gasteiger partial charge is 0.264 e. The molecule has 4 rings (SSSR count). The lowest BCUT2D eigenvalue weighted by Crippen LogP contribution is -2.44. The van der Waals surface area contributed by atoms with Gasteiger partial charge >= 0.3 is 0 Å². The van der Waals surface area contributed by atoms with Crippen molar-refractivity contribution in [3.05, 3.63) is 75.4 Å². The SMILES string of the molecule is C[C@H](/C=C/CC(=O)N1CCC[C@H]1CO)[C@@]1(O)C(=O)N(Cc2cccc(I)c2)c2ccccc21. The lowest BCUT2D eigenvalue weighted by Gasteiger charge is -2.28. The van der Waals surface area contributed by atoms with Crippen LogP contribution in [0.25, 0.3) is 0 Å². The van der Waals surface area contributed by atoms with E-state index in [1.54, 1.807) is 34.9 Å². The Kier molecular flexibility index (Phi) is 7.21. The Morgan fingerprint density at radius 2 is 2.06 bits per heavy atom. The zero-order chi connectivity index (χ0) is 23.6. The fraction of sp³-hybridized carbons (Fsp3) is 0.385. The van der Waals surface area contributed by atoms with E-state index in [-0.39, 0.29) is 30.9 Å². The molecule has 0 saturated carbocycles. The van der Waals surface area contributed by atoms with Crippen molar-refractivity contribution in [1.82, 2.24) is 4.90 Å². The van der Waals surface area contributed by atoms with Gasteiger partial charge in [0, 0.05) is 28.0 Å². The maximum atomic E-state index is 13.5. The third-order valence-electron chi connectivity index (χ3n) is 6.69. The minimum Gasteiger partial charge on any atom is -0.394 e. The van der Waals surface area contributed by atoms with Crippen LogP contribution in [0.2, 0.25) is 0 Å². The molecule has 2 aromatic rings. The van der Waals surface area contributed by atoms with Gasteiger partial charge in [-0.1, -0.05) is 49.4 Å². The Hall–Kier alpha value is -2.23. The van der Waals surface area contributed by atoms with Crippen LogP contribution in [0.5, 0.6) is 0 Å². The standard InChI is InChI=1S/C26H29IN2O4/c1-18(7-4-13-24(31)28-14-6-10-21(28)17-30)26(33)22-11-2-3-12-23(22)29(25(26)32)16-19-8-5-9-20(27)15-19/h2-5,7-9,11-12,15,18,21,30,33H,6,10,13-14,16-17H2,1H3/b7-4+/t18-,21+,26+/m1/s1. The molecule has 2 aliphatic rings. The molecule has 0 radical (unpaired) electrons. The number of hydrogen-bond acceptors (Lipinski definition) is 4. The molecule has 0 unspecified atom stereocenters. The van der Waals surface area contributed by atoms with E-state index in [2.05, 4.69) is 22.6 Å². The molecule has 3 atom stereocenters. The summed E-state index contributed by atoms with van der Waals surface area (Å²) >= 11 is 2.25. The molecule has 0 bridgehead atoms. The summed E-state index contributed by atoms with van der Waals surface area (Å²) in [5.74, 6) is -0.918. The first kappa shape index (κ1) is 23.9. The fourth-order valence-corrected chi connectivity index (χ4v) is 5.47. The van der Waals surface area contributed by atoms with Crippen LogP contribution < -0.4 is 4.90 Å². The average Bonchev–Trinajstić information content (AvgIpc) is 3.37. The summed E-state index contributed by atoms with van der Waals surface area (Å²) in [7, 11) is 0. The second-order valence-electron chi connectivity index (χ2n) is 8.79. The first-order valence-electron chi connectivity index (χ1n) is 11.3. The largest absolute Gasteiger partial charge is 0.394 e. The van der Waals surface area contributed by atoms with Gasteiger partial charge in [0.25, 0.3) is 5.91 Å². The summed E-state index contributed by atoms with van der Waals surface area (Å²) in [4.78, 5) is 29.5. The van der Waals surface area contributed by atoms with Crippen molar-refractivity contribution in [2.24, 2.45) is 5.92 Å². The maximum absolute atomic E-state index is 13.5. The topological polar surface area (TPSA) is 81.1 Å². The Morgan fingerprint density at radius 3 is 2.82 bits per heavy atom. The molecule has 0 spiro atoms. The van der Waals surface area contributed by atoms with Crippen molar-refractivity contribution in [3.8, 4) is 0 Å². The molecule has 1 fully saturated rings. The molecule has 2 aromatic carbocycles. The molecule has 2 heterocycles. The summed E-state index contributed by atoms with van der Waals surface area (Å²) in [6.45, 7) is 2.82. The van der Waals surface area contributed by atoms with E-state index in [1.165, 1.54) is 0 Å². The highest BCUT2D eigenvalue weighted by Gasteiger charge is 2.52. The van der Waals surface area contributed by atoms with Gasteiger partial charge in [-0.05, 0) is 59.2 Å². The third-order valence-corrected chi connectivity index (χ3v) is 7.36. The van der Waals surface area contributed by atoms with Gasteiger partial charge in [0.05, 0.1) is 24.9 Å². The molecular formula is C26H29IN2O4. The van der Waals surface area contributed by atoms with Crippen molar-refractivity contribution in [2.45, 2.75) is 44.4 Å². The highest BCUT2D eigenvalue weighted by atomic mass is 127. The van der Waals surface area contributed by atoms with Gasteiger partial charge in [0.15, 0.2) is 5.60 Å². The van der Waals surface area contributed by atoms with E-state index in [4.69, 9.17) is 0 Å². The van der Waals surface area contributed by atoms with Crippen LogP contribution in [-0.2, 0) is 21.7 Å². The molecule has 2 amide bonds. The fourth-order valence-electron chi connectivity index (χ4n) is 4.86. The van der Waals surface area contributed by atoms with E-state index in [9.17, 15) is 19.8 Å².